The van der Waals surface area contributed by atoms with Gasteiger partial charge in [-0.2, -0.15) is 0 Å². The highest BCUT2D eigenvalue weighted by atomic mass is 32.1. The maximum absolute atomic E-state index is 14.0. The molecule has 4 heterocycles. The van der Waals surface area contributed by atoms with Crippen LogP contribution >= 0.6 is 11.3 Å². The van der Waals surface area contributed by atoms with Crippen LogP contribution in [0, 0.1) is 6.92 Å². The molecule has 0 saturated carbocycles. The fourth-order valence-electron chi connectivity index (χ4n) is 4.75. The first kappa shape index (κ1) is 22.3. The number of allylic oxidation sites excluding steroid dienone is 1. The van der Waals surface area contributed by atoms with Crippen molar-refractivity contribution in [1.82, 2.24) is 4.57 Å². The number of aryl methyl sites for hydroxylation is 1. The fraction of sp³-hybridized carbons (Fsp3) is 0.231. The van der Waals surface area contributed by atoms with Gasteiger partial charge in [0.25, 0.3) is 11.5 Å². The molecule has 1 atom stereocenters. The van der Waals surface area contributed by atoms with Crippen molar-refractivity contribution in [2.75, 3.05) is 18.7 Å². The monoisotopic (exact) mass is 503 g/mol. The summed E-state index contributed by atoms with van der Waals surface area (Å²) in [6.45, 7) is 5.63. The van der Waals surface area contributed by atoms with Gasteiger partial charge in [0.15, 0.2) is 16.3 Å². The summed E-state index contributed by atoms with van der Waals surface area (Å²) in [6, 6.07) is 10.1. The van der Waals surface area contributed by atoms with Crippen molar-refractivity contribution in [3.8, 4) is 11.5 Å². The highest BCUT2D eigenvalue weighted by molar-refractivity contribution is 7.07. The van der Waals surface area contributed by atoms with Gasteiger partial charge < -0.3 is 19.5 Å². The number of anilines is 1. The molecule has 0 radical (unpaired) electrons. The highest BCUT2D eigenvalue weighted by Gasteiger charge is 2.36. The summed E-state index contributed by atoms with van der Waals surface area (Å²) in [6.07, 6.45) is 0. The Balaban J connectivity index is 1.64. The molecule has 0 aliphatic carbocycles. The Labute approximate surface area is 209 Å². The van der Waals surface area contributed by atoms with E-state index in [-0.39, 0.29) is 29.4 Å². The van der Waals surface area contributed by atoms with Gasteiger partial charge in [0, 0.05) is 11.3 Å². The van der Waals surface area contributed by atoms with Crippen LogP contribution in [-0.2, 0) is 14.3 Å². The normalized spacial score (nSPS) is 19.0. The Bertz CT molecular complexity index is 1700. The molecule has 0 saturated heterocycles. The first-order chi connectivity index (χ1) is 17.4. The molecule has 10 heteroatoms. The SMILES string of the molecule is CCOC(=O)C1=C(C)N=c2s/c(=C3\C(=O)Nc4ccc(C)cc43)c(=O)n2[C@@H]1c1ccc2c(c1)OCO2. The van der Waals surface area contributed by atoms with Crippen molar-refractivity contribution < 1.29 is 23.8 Å². The van der Waals surface area contributed by atoms with E-state index in [1.165, 1.54) is 4.57 Å². The van der Waals surface area contributed by atoms with E-state index in [0.29, 0.717) is 44.4 Å². The first-order valence-corrected chi connectivity index (χ1v) is 12.2. The Morgan fingerprint density at radius 3 is 2.78 bits per heavy atom. The van der Waals surface area contributed by atoms with E-state index < -0.39 is 17.6 Å². The third-order valence-corrected chi connectivity index (χ3v) is 7.41. The van der Waals surface area contributed by atoms with Crippen LogP contribution in [0.15, 0.2) is 57.5 Å². The molecular formula is C26H21N3O6S. The number of benzene rings is 2. The van der Waals surface area contributed by atoms with E-state index in [9.17, 15) is 14.4 Å². The number of thiazole rings is 1. The van der Waals surface area contributed by atoms with Crippen molar-refractivity contribution in [3.05, 3.63) is 84.0 Å². The maximum atomic E-state index is 14.0. The lowest BCUT2D eigenvalue weighted by Crippen LogP contribution is -2.40. The summed E-state index contributed by atoms with van der Waals surface area (Å²) in [5.74, 6) is 0.206. The second kappa shape index (κ2) is 8.20. The second-order valence-corrected chi connectivity index (χ2v) is 9.59. The number of nitrogens with one attached hydrogen (secondary N) is 1. The Hall–Kier alpha value is -4.18. The van der Waals surface area contributed by atoms with Crippen LogP contribution in [0.1, 0.15) is 36.6 Å². The molecule has 2 aromatic carbocycles. The number of ether oxygens (including phenoxy) is 3. The molecule has 0 fully saturated rings. The number of fused-ring (bicyclic) bond motifs is 3. The fourth-order valence-corrected chi connectivity index (χ4v) is 5.89. The van der Waals surface area contributed by atoms with E-state index in [1.807, 2.05) is 25.1 Å². The minimum absolute atomic E-state index is 0.0957. The zero-order chi connectivity index (χ0) is 25.1. The van der Waals surface area contributed by atoms with E-state index >= 15 is 0 Å². The molecule has 0 spiro atoms. The zero-order valence-electron chi connectivity index (χ0n) is 19.7. The third-order valence-electron chi connectivity index (χ3n) is 6.35. The molecule has 3 aliphatic rings. The van der Waals surface area contributed by atoms with Crippen molar-refractivity contribution >= 4 is 34.5 Å². The standard InChI is InChI=1S/C26H21N3O6S/c1-4-33-25(32)19-13(3)27-26-29(21(19)14-6-8-17-18(10-14)35-11-34-17)24(31)22(36-26)20-15-9-12(2)5-7-16(15)28-23(20)30/h5-10,21H,4,11H2,1-3H3,(H,28,30)/b22-20-/t21-/m1/s1. The number of esters is 1. The van der Waals surface area contributed by atoms with Crippen molar-refractivity contribution in [3.63, 3.8) is 0 Å². The van der Waals surface area contributed by atoms with Gasteiger partial charge in [-0.1, -0.05) is 29.0 Å². The summed E-state index contributed by atoms with van der Waals surface area (Å²) in [5.41, 5.74) is 3.53. The number of aromatic nitrogens is 1. The van der Waals surface area contributed by atoms with Crippen LogP contribution in [-0.4, -0.2) is 29.8 Å². The van der Waals surface area contributed by atoms with E-state index in [0.717, 1.165) is 16.9 Å². The third kappa shape index (κ3) is 3.29. The molecule has 3 aromatic rings. The van der Waals surface area contributed by atoms with Crippen LogP contribution in [0.3, 0.4) is 0 Å². The number of hydrogen-bond acceptors (Lipinski definition) is 8. The van der Waals surface area contributed by atoms with E-state index in [4.69, 9.17) is 14.2 Å². The van der Waals surface area contributed by atoms with Gasteiger partial charge in [0.05, 0.1) is 29.5 Å². The van der Waals surface area contributed by atoms with Gasteiger partial charge in [-0.05, 0) is 50.6 Å². The summed E-state index contributed by atoms with van der Waals surface area (Å²) in [4.78, 5) is 45.0. The maximum Gasteiger partial charge on any atom is 0.338 e. The topological polar surface area (TPSA) is 108 Å². The average molecular weight is 504 g/mol. The molecule has 1 amide bonds. The average Bonchev–Trinajstić information content (AvgIpc) is 3.52. The van der Waals surface area contributed by atoms with Crippen molar-refractivity contribution in [2.45, 2.75) is 26.8 Å². The molecule has 0 unspecified atom stereocenters. The number of nitrogens with zero attached hydrogens (tertiary/aromatic N) is 2. The smallest absolute Gasteiger partial charge is 0.338 e. The second-order valence-electron chi connectivity index (χ2n) is 8.61. The van der Waals surface area contributed by atoms with E-state index in [1.54, 1.807) is 32.0 Å². The summed E-state index contributed by atoms with van der Waals surface area (Å²) in [5, 5.41) is 2.84. The van der Waals surface area contributed by atoms with Gasteiger partial charge in [0.1, 0.15) is 4.53 Å². The largest absolute Gasteiger partial charge is 0.463 e. The molecule has 1 aromatic heterocycles. The highest BCUT2D eigenvalue weighted by Crippen LogP contribution is 2.38. The summed E-state index contributed by atoms with van der Waals surface area (Å²) in [7, 11) is 0. The number of carbonyl (C=O) groups excluding carboxylic acids is 2. The van der Waals surface area contributed by atoms with Crippen LogP contribution in [0.5, 0.6) is 11.5 Å². The van der Waals surface area contributed by atoms with Gasteiger partial charge in [-0.15, -0.1) is 0 Å². The van der Waals surface area contributed by atoms with Gasteiger partial charge >= 0.3 is 5.97 Å². The zero-order valence-corrected chi connectivity index (χ0v) is 20.5. The van der Waals surface area contributed by atoms with Gasteiger partial charge in [-0.25, -0.2) is 9.79 Å². The summed E-state index contributed by atoms with van der Waals surface area (Å²) < 4.78 is 18.1. The van der Waals surface area contributed by atoms with Crippen molar-refractivity contribution in [2.24, 2.45) is 4.99 Å². The molecule has 182 valence electrons. The lowest BCUT2D eigenvalue weighted by atomic mass is 9.95. The number of amides is 1. The van der Waals surface area contributed by atoms with Gasteiger partial charge in [0.2, 0.25) is 6.79 Å². The number of rotatable bonds is 3. The number of hydrogen-bond donors (Lipinski definition) is 1. The summed E-state index contributed by atoms with van der Waals surface area (Å²) >= 11 is 1.13. The minimum Gasteiger partial charge on any atom is -0.463 e. The molecule has 6 rings (SSSR count). The first-order valence-electron chi connectivity index (χ1n) is 11.4. The molecule has 9 nitrogen and oxygen atoms in total. The minimum atomic E-state index is -0.814. The Morgan fingerprint density at radius 1 is 1.17 bits per heavy atom. The quantitative estimate of drug-likeness (QED) is 0.549. The number of carbonyl (C=O) groups is 2. The molecular weight excluding hydrogens is 482 g/mol. The lowest BCUT2D eigenvalue weighted by molar-refractivity contribution is -0.139. The van der Waals surface area contributed by atoms with Crippen LogP contribution in [0.4, 0.5) is 5.69 Å². The molecule has 3 aliphatic heterocycles. The lowest BCUT2D eigenvalue weighted by Gasteiger charge is -2.24. The Morgan fingerprint density at radius 2 is 1.97 bits per heavy atom. The van der Waals surface area contributed by atoms with Gasteiger partial charge in [-0.3, -0.25) is 14.2 Å². The van der Waals surface area contributed by atoms with Crippen molar-refractivity contribution in [1.29, 1.82) is 0 Å². The molecule has 1 N–H and O–H groups in total. The van der Waals surface area contributed by atoms with Crippen LogP contribution in [0.2, 0.25) is 0 Å². The van der Waals surface area contributed by atoms with Crippen LogP contribution < -0.4 is 29.7 Å². The van der Waals surface area contributed by atoms with Crippen LogP contribution in [0.25, 0.3) is 5.57 Å². The molecule has 36 heavy (non-hydrogen) atoms. The van der Waals surface area contributed by atoms with E-state index in [2.05, 4.69) is 10.3 Å². The Kier molecular flexibility index (Phi) is 5.08. The predicted octanol–water partition coefficient (Wildman–Crippen LogP) is 2.16. The molecule has 0 bridgehead atoms. The predicted molar refractivity (Wildman–Crippen MR) is 132 cm³/mol.